The second-order valence-electron chi connectivity index (χ2n) is 7.94. The summed E-state index contributed by atoms with van der Waals surface area (Å²) in [5.41, 5.74) is 3.59. The molecule has 3 rings (SSSR count). The monoisotopic (exact) mass is 425 g/mol. The predicted molar refractivity (Wildman–Crippen MR) is 125 cm³/mol. The van der Waals surface area contributed by atoms with Crippen LogP contribution in [0.2, 0.25) is 0 Å². The van der Waals surface area contributed by atoms with Gasteiger partial charge in [-0.1, -0.05) is 24.3 Å². The van der Waals surface area contributed by atoms with Gasteiger partial charge in [0.2, 0.25) is 0 Å². The molecule has 0 radical (unpaired) electrons. The third kappa shape index (κ3) is 5.91. The van der Waals surface area contributed by atoms with Gasteiger partial charge in [0.1, 0.15) is 11.5 Å². The van der Waals surface area contributed by atoms with Gasteiger partial charge in [0, 0.05) is 44.3 Å². The fourth-order valence-corrected chi connectivity index (χ4v) is 4.05. The van der Waals surface area contributed by atoms with Gasteiger partial charge in [-0.2, -0.15) is 0 Å². The lowest BCUT2D eigenvalue weighted by atomic mass is 9.74. The molecule has 2 aromatic rings. The summed E-state index contributed by atoms with van der Waals surface area (Å²) in [4.78, 5) is 4.43. The van der Waals surface area contributed by atoms with Gasteiger partial charge in [0.25, 0.3) is 0 Å². The minimum atomic E-state index is 0.00215. The molecular formula is C25H35N3O3. The standard InChI is InChI=1S/C25H35N3O3/c1-5-31-22-10-8-21(9-11-22)25(12-14-30-15-13-25)18-28-24(26-3)27-17-20-7-6-19(2)16-23(20)29-4/h6-11,16H,5,12-15,17-18H2,1-4H3,(H2,26,27,28). The third-order valence-electron chi connectivity index (χ3n) is 5.93. The average Bonchev–Trinajstić information content (AvgIpc) is 2.81. The summed E-state index contributed by atoms with van der Waals surface area (Å²) in [6.45, 7) is 7.70. The van der Waals surface area contributed by atoms with Crippen molar-refractivity contribution in [2.24, 2.45) is 4.99 Å². The second-order valence-corrected chi connectivity index (χ2v) is 7.94. The van der Waals surface area contributed by atoms with Gasteiger partial charge in [0.05, 0.1) is 13.7 Å². The maximum atomic E-state index is 5.67. The molecule has 2 aromatic carbocycles. The van der Waals surface area contributed by atoms with Crippen molar-refractivity contribution in [3.8, 4) is 11.5 Å². The van der Waals surface area contributed by atoms with Crippen LogP contribution in [-0.4, -0.2) is 46.5 Å². The van der Waals surface area contributed by atoms with Gasteiger partial charge in [-0.25, -0.2) is 0 Å². The molecule has 0 aromatic heterocycles. The van der Waals surface area contributed by atoms with Crippen molar-refractivity contribution in [2.45, 2.75) is 38.6 Å². The van der Waals surface area contributed by atoms with E-state index in [-0.39, 0.29) is 5.41 Å². The summed E-state index contributed by atoms with van der Waals surface area (Å²) in [5, 5.41) is 6.97. The minimum absolute atomic E-state index is 0.00215. The zero-order valence-electron chi connectivity index (χ0n) is 19.2. The van der Waals surface area contributed by atoms with E-state index in [2.05, 4.69) is 65.0 Å². The van der Waals surface area contributed by atoms with E-state index in [1.54, 1.807) is 14.2 Å². The number of benzene rings is 2. The highest BCUT2D eigenvalue weighted by molar-refractivity contribution is 5.79. The Morgan fingerprint density at radius 2 is 1.84 bits per heavy atom. The number of nitrogens with zero attached hydrogens (tertiary/aromatic N) is 1. The van der Waals surface area contributed by atoms with Gasteiger partial charge in [-0.15, -0.1) is 0 Å². The molecule has 1 heterocycles. The summed E-state index contributed by atoms with van der Waals surface area (Å²) in [5.74, 6) is 2.57. The molecule has 31 heavy (non-hydrogen) atoms. The number of hydrogen-bond donors (Lipinski definition) is 2. The number of nitrogens with one attached hydrogen (secondary N) is 2. The van der Waals surface area contributed by atoms with Gasteiger partial charge >= 0.3 is 0 Å². The number of aryl methyl sites for hydroxylation is 1. The first-order valence-corrected chi connectivity index (χ1v) is 11.0. The Kier molecular flexibility index (Phi) is 8.18. The number of methoxy groups -OCH3 is 1. The maximum absolute atomic E-state index is 5.67. The van der Waals surface area contributed by atoms with Crippen LogP contribution in [0.4, 0.5) is 0 Å². The summed E-state index contributed by atoms with van der Waals surface area (Å²) < 4.78 is 16.8. The van der Waals surface area contributed by atoms with Crippen LogP contribution in [-0.2, 0) is 16.7 Å². The summed E-state index contributed by atoms with van der Waals surface area (Å²) in [6, 6.07) is 14.7. The van der Waals surface area contributed by atoms with Gasteiger partial charge < -0.3 is 24.8 Å². The van der Waals surface area contributed by atoms with Crippen LogP contribution in [0, 0.1) is 6.92 Å². The molecular weight excluding hydrogens is 390 g/mol. The first-order chi connectivity index (χ1) is 15.1. The van der Waals surface area contributed by atoms with Gasteiger partial charge in [-0.05, 0) is 56.0 Å². The molecule has 0 atom stereocenters. The third-order valence-corrected chi connectivity index (χ3v) is 5.93. The van der Waals surface area contributed by atoms with Crippen LogP contribution in [0.1, 0.15) is 36.5 Å². The fraction of sp³-hybridized carbons (Fsp3) is 0.480. The molecule has 1 saturated heterocycles. The fourth-order valence-electron chi connectivity index (χ4n) is 4.05. The summed E-state index contributed by atoms with van der Waals surface area (Å²) >= 11 is 0. The van der Waals surface area contributed by atoms with Crippen molar-refractivity contribution in [1.82, 2.24) is 10.6 Å². The molecule has 2 N–H and O–H groups in total. The van der Waals surface area contributed by atoms with Crippen LogP contribution in [0.3, 0.4) is 0 Å². The van der Waals surface area contributed by atoms with E-state index in [1.165, 1.54) is 11.1 Å². The average molecular weight is 426 g/mol. The quantitative estimate of drug-likeness (QED) is 0.497. The van der Waals surface area contributed by atoms with Crippen molar-refractivity contribution in [3.05, 3.63) is 59.2 Å². The second kappa shape index (κ2) is 11.0. The Morgan fingerprint density at radius 3 is 2.48 bits per heavy atom. The van der Waals surface area contributed by atoms with Crippen LogP contribution in [0.15, 0.2) is 47.5 Å². The maximum Gasteiger partial charge on any atom is 0.191 e. The van der Waals surface area contributed by atoms with Gasteiger partial charge in [-0.3, -0.25) is 4.99 Å². The molecule has 1 fully saturated rings. The van der Waals surface area contributed by atoms with Crippen LogP contribution in [0.25, 0.3) is 0 Å². The lowest BCUT2D eigenvalue weighted by Crippen LogP contribution is -2.47. The summed E-state index contributed by atoms with van der Waals surface area (Å²) in [6.07, 6.45) is 1.94. The lowest BCUT2D eigenvalue weighted by molar-refractivity contribution is 0.0513. The first-order valence-electron chi connectivity index (χ1n) is 11.0. The Morgan fingerprint density at radius 1 is 1.10 bits per heavy atom. The Hall–Kier alpha value is -2.73. The van der Waals surface area contributed by atoms with Crippen LogP contribution >= 0.6 is 0 Å². The van der Waals surface area contributed by atoms with Crippen molar-refractivity contribution in [2.75, 3.05) is 40.5 Å². The highest BCUT2D eigenvalue weighted by Crippen LogP contribution is 2.35. The highest BCUT2D eigenvalue weighted by atomic mass is 16.5. The van der Waals surface area contributed by atoms with Crippen molar-refractivity contribution in [3.63, 3.8) is 0 Å². The zero-order valence-corrected chi connectivity index (χ0v) is 19.2. The Bertz CT molecular complexity index is 859. The van der Waals surface area contributed by atoms with Crippen molar-refractivity contribution in [1.29, 1.82) is 0 Å². The van der Waals surface area contributed by atoms with Crippen LogP contribution < -0.4 is 20.1 Å². The zero-order chi connectivity index (χ0) is 22.1. The van der Waals surface area contributed by atoms with Crippen LogP contribution in [0.5, 0.6) is 11.5 Å². The van der Waals surface area contributed by atoms with E-state index in [0.29, 0.717) is 13.2 Å². The smallest absolute Gasteiger partial charge is 0.191 e. The molecule has 0 bridgehead atoms. The predicted octanol–water partition coefficient (Wildman–Crippen LogP) is 3.82. The number of guanidine groups is 1. The molecule has 6 nitrogen and oxygen atoms in total. The van der Waals surface area contributed by atoms with E-state index in [1.807, 2.05) is 6.92 Å². The van der Waals surface area contributed by atoms with E-state index >= 15 is 0 Å². The Balaban J connectivity index is 1.67. The van der Waals surface area contributed by atoms with Crippen molar-refractivity contribution < 1.29 is 14.2 Å². The number of hydrogen-bond acceptors (Lipinski definition) is 4. The molecule has 1 aliphatic heterocycles. The number of rotatable bonds is 8. The largest absolute Gasteiger partial charge is 0.496 e. The molecule has 168 valence electrons. The molecule has 0 amide bonds. The SMILES string of the molecule is CCOc1ccc(C2(CNC(=NC)NCc3ccc(C)cc3OC)CCOCC2)cc1. The normalized spacial score (nSPS) is 15.9. The Labute approximate surface area is 186 Å². The topological polar surface area (TPSA) is 64.1 Å². The molecule has 0 saturated carbocycles. The molecule has 0 aliphatic carbocycles. The molecule has 6 heteroatoms. The lowest BCUT2D eigenvalue weighted by Gasteiger charge is -2.38. The molecule has 0 unspecified atom stereocenters. The van der Waals surface area contributed by atoms with E-state index in [9.17, 15) is 0 Å². The van der Waals surface area contributed by atoms with E-state index < -0.39 is 0 Å². The molecule has 0 spiro atoms. The number of aliphatic imine (C=N–C) groups is 1. The highest BCUT2D eigenvalue weighted by Gasteiger charge is 2.34. The number of ether oxygens (including phenoxy) is 3. The van der Waals surface area contributed by atoms with E-state index in [0.717, 1.165) is 55.6 Å². The first kappa shape index (κ1) is 22.9. The van der Waals surface area contributed by atoms with Gasteiger partial charge in [0.15, 0.2) is 5.96 Å². The van der Waals surface area contributed by atoms with Crippen molar-refractivity contribution >= 4 is 5.96 Å². The summed E-state index contributed by atoms with van der Waals surface area (Å²) in [7, 11) is 3.51. The molecule has 1 aliphatic rings. The minimum Gasteiger partial charge on any atom is -0.496 e. The van der Waals surface area contributed by atoms with E-state index in [4.69, 9.17) is 14.2 Å².